The first-order valence-electron chi connectivity index (χ1n) is 6.02. The van der Waals surface area contributed by atoms with E-state index in [4.69, 9.17) is 0 Å². The maximum atomic E-state index is 12.2. The van der Waals surface area contributed by atoms with E-state index in [9.17, 15) is 4.79 Å². The third kappa shape index (κ3) is 2.82. The van der Waals surface area contributed by atoms with Gasteiger partial charge in [0.15, 0.2) is 5.78 Å². The zero-order valence-corrected chi connectivity index (χ0v) is 11.5. The van der Waals surface area contributed by atoms with Crippen LogP contribution in [0.25, 0.3) is 0 Å². The molecule has 0 heterocycles. The Balaban J connectivity index is 2.23. The molecule has 0 amide bonds. The molecule has 1 nitrogen and oxygen atoms in total. The number of carbonyl (C=O) groups excluding carboxylic acids is 1. The molecule has 0 spiro atoms. The fraction of sp³-hybridized carbons (Fsp3) is 0.188. The first kappa shape index (κ1) is 12.9. The standard InChI is InChI=1S/C16H16OS/c1-3-12-4-6-13(7-5-12)16(17)14-8-10-15(18-2)11-9-14/h4-11H,3H2,1-2H3. The summed E-state index contributed by atoms with van der Waals surface area (Å²) in [6.45, 7) is 2.11. The molecule has 2 rings (SSSR count). The monoisotopic (exact) mass is 256 g/mol. The van der Waals surface area contributed by atoms with Gasteiger partial charge in [-0.3, -0.25) is 4.79 Å². The van der Waals surface area contributed by atoms with Crippen molar-refractivity contribution in [1.82, 2.24) is 0 Å². The molecule has 2 aromatic carbocycles. The first-order valence-corrected chi connectivity index (χ1v) is 7.24. The fourth-order valence-electron chi connectivity index (χ4n) is 1.80. The van der Waals surface area contributed by atoms with Gasteiger partial charge in [-0.1, -0.05) is 31.2 Å². The minimum absolute atomic E-state index is 0.0882. The minimum Gasteiger partial charge on any atom is -0.289 e. The molecule has 0 fully saturated rings. The maximum absolute atomic E-state index is 12.2. The molecule has 0 aliphatic rings. The van der Waals surface area contributed by atoms with Crippen LogP contribution in [0.1, 0.15) is 28.4 Å². The zero-order chi connectivity index (χ0) is 13.0. The minimum atomic E-state index is 0.0882. The Bertz CT molecular complexity index is 477. The second-order valence-corrected chi connectivity index (χ2v) is 4.99. The molecule has 2 aromatic rings. The van der Waals surface area contributed by atoms with Crippen LogP contribution in [0.2, 0.25) is 0 Å². The molecule has 18 heavy (non-hydrogen) atoms. The SMILES string of the molecule is CCc1ccc(C(=O)c2ccc(SC)cc2)cc1. The molecule has 0 unspecified atom stereocenters. The number of ketones is 1. The van der Waals surface area contributed by atoms with Crippen molar-refractivity contribution in [3.05, 3.63) is 65.2 Å². The smallest absolute Gasteiger partial charge is 0.193 e. The predicted octanol–water partition coefficient (Wildman–Crippen LogP) is 4.20. The Labute approximate surface area is 112 Å². The van der Waals surface area contributed by atoms with Crippen molar-refractivity contribution >= 4 is 17.5 Å². The van der Waals surface area contributed by atoms with Crippen LogP contribution >= 0.6 is 11.8 Å². The third-order valence-corrected chi connectivity index (χ3v) is 3.72. The molecule has 0 aromatic heterocycles. The lowest BCUT2D eigenvalue weighted by Crippen LogP contribution is -2.01. The Morgan fingerprint density at radius 1 is 0.944 bits per heavy atom. The van der Waals surface area contributed by atoms with Crippen molar-refractivity contribution in [1.29, 1.82) is 0 Å². The molecule has 0 N–H and O–H groups in total. The molecule has 0 aliphatic heterocycles. The molecule has 2 heteroatoms. The summed E-state index contributed by atoms with van der Waals surface area (Å²) in [5.41, 5.74) is 2.76. The van der Waals surface area contributed by atoms with Crippen LogP contribution in [0.15, 0.2) is 53.4 Å². The quantitative estimate of drug-likeness (QED) is 0.602. The summed E-state index contributed by atoms with van der Waals surface area (Å²) in [7, 11) is 0. The van der Waals surface area contributed by atoms with Crippen LogP contribution < -0.4 is 0 Å². The summed E-state index contributed by atoms with van der Waals surface area (Å²) in [6.07, 6.45) is 3.02. The van der Waals surface area contributed by atoms with Crippen molar-refractivity contribution in [3.8, 4) is 0 Å². The van der Waals surface area contributed by atoms with Gasteiger partial charge in [-0.15, -0.1) is 11.8 Å². The van der Waals surface area contributed by atoms with Gasteiger partial charge in [-0.05, 0) is 42.5 Å². The number of benzene rings is 2. The fourth-order valence-corrected chi connectivity index (χ4v) is 2.21. The maximum Gasteiger partial charge on any atom is 0.193 e. The van der Waals surface area contributed by atoms with Gasteiger partial charge in [0.1, 0.15) is 0 Å². The molecule has 92 valence electrons. The topological polar surface area (TPSA) is 17.1 Å². The van der Waals surface area contributed by atoms with E-state index in [1.54, 1.807) is 11.8 Å². The summed E-state index contributed by atoms with van der Waals surface area (Å²) in [6, 6.07) is 15.6. The van der Waals surface area contributed by atoms with Crippen LogP contribution in [0, 0.1) is 0 Å². The van der Waals surface area contributed by atoms with Crippen molar-refractivity contribution < 1.29 is 4.79 Å². The first-order chi connectivity index (χ1) is 8.74. The number of rotatable bonds is 4. The lowest BCUT2D eigenvalue weighted by atomic mass is 10.0. The second kappa shape index (κ2) is 5.87. The average Bonchev–Trinajstić information content (AvgIpc) is 2.47. The molecule has 0 radical (unpaired) electrons. The highest BCUT2D eigenvalue weighted by atomic mass is 32.2. The highest BCUT2D eigenvalue weighted by molar-refractivity contribution is 7.98. The highest BCUT2D eigenvalue weighted by Gasteiger charge is 2.08. The molecular weight excluding hydrogens is 240 g/mol. The van der Waals surface area contributed by atoms with Crippen LogP contribution in [-0.4, -0.2) is 12.0 Å². The van der Waals surface area contributed by atoms with E-state index in [1.165, 1.54) is 10.5 Å². The second-order valence-electron chi connectivity index (χ2n) is 4.11. The average molecular weight is 256 g/mol. The Morgan fingerprint density at radius 2 is 1.44 bits per heavy atom. The van der Waals surface area contributed by atoms with E-state index in [1.807, 2.05) is 54.8 Å². The van der Waals surface area contributed by atoms with Crippen molar-refractivity contribution in [2.24, 2.45) is 0 Å². The van der Waals surface area contributed by atoms with Crippen molar-refractivity contribution in [2.45, 2.75) is 18.2 Å². The van der Waals surface area contributed by atoms with Gasteiger partial charge in [0, 0.05) is 16.0 Å². The van der Waals surface area contributed by atoms with Gasteiger partial charge in [0.05, 0.1) is 0 Å². The highest BCUT2D eigenvalue weighted by Crippen LogP contribution is 2.17. The normalized spacial score (nSPS) is 10.3. The van der Waals surface area contributed by atoms with Crippen LogP contribution in [-0.2, 0) is 6.42 Å². The van der Waals surface area contributed by atoms with Crippen LogP contribution in [0.5, 0.6) is 0 Å². The number of hydrogen-bond acceptors (Lipinski definition) is 2. The van der Waals surface area contributed by atoms with Gasteiger partial charge >= 0.3 is 0 Å². The zero-order valence-electron chi connectivity index (χ0n) is 10.6. The summed E-state index contributed by atoms with van der Waals surface area (Å²) in [5.74, 6) is 0.0882. The number of carbonyl (C=O) groups is 1. The predicted molar refractivity (Wildman–Crippen MR) is 77.5 cm³/mol. The van der Waals surface area contributed by atoms with Gasteiger partial charge < -0.3 is 0 Å². The van der Waals surface area contributed by atoms with Crippen molar-refractivity contribution in [2.75, 3.05) is 6.26 Å². The number of thioether (sulfide) groups is 1. The number of aryl methyl sites for hydroxylation is 1. The van der Waals surface area contributed by atoms with Gasteiger partial charge in [0.25, 0.3) is 0 Å². The van der Waals surface area contributed by atoms with E-state index < -0.39 is 0 Å². The van der Waals surface area contributed by atoms with E-state index in [0.29, 0.717) is 0 Å². The molecule has 0 saturated carbocycles. The lowest BCUT2D eigenvalue weighted by Gasteiger charge is -2.03. The largest absolute Gasteiger partial charge is 0.289 e. The number of hydrogen-bond donors (Lipinski definition) is 0. The van der Waals surface area contributed by atoms with Gasteiger partial charge in [0.2, 0.25) is 0 Å². The van der Waals surface area contributed by atoms with E-state index in [0.717, 1.165) is 17.5 Å². The van der Waals surface area contributed by atoms with E-state index in [2.05, 4.69) is 6.92 Å². The van der Waals surface area contributed by atoms with E-state index >= 15 is 0 Å². The van der Waals surface area contributed by atoms with E-state index in [-0.39, 0.29) is 5.78 Å². The molecule has 0 atom stereocenters. The summed E-state index contributed by atoms with van der Waals surface area (Å²) in [4.78, 5) is 13.4. The Morgan fingerprint density at radius 3 is 1.89 bits per heavy atom. The Hall–Kier alpha value is -1.54. The summed E-state index contributed by atoms with van der Waals surface area (Å²) < 4.78 is 0. The molecule has 0 saturated heterocycles. The molecule has 0 bridgehead atoms. The van der Waals surface area contributed by atoms with Gasteiger partial charge in [-0.25, -0.2) is 0 Å². The third-order valence-electron chi connectivity index (χ3n) is 2.98. The van der Waals surface area contributed by atoms with Crippen LogP contribution in [0.3, 0.4) is 0 Å². The summed E-state index contributed by atoms with van der Waals surface area (Å²) >= 11 is 1.68. The molecular formula is C16H16OS. The molecule has 0 aliphatic carbocycles. The Kier molecular flexibility index (Phi) is 4.21. The van der Waals surface area contributed by atoms with Crippen LogP contribution in [0.4, 0.5) is 0 Å². The van der Waals surface area contributed by atoms with Gasteiger partial charge in [-0.2, -0.15) is 0 Å². The lowest BCUT2D eigenvalue weighted by molar-refractivity contribution is 0.103. The van der Waals surface area contributed by atoms with Crippen molar-refractivity contribution in [3.63, 3.8) is 0 Å². The summed E-state index contributed by atoms with van der Waals surface area (Å²) in [5, 5.41) is 0.